The van der Waals surface area contributed by atoms with Crippen molar-refractivity contribution in [1.82, 2.24) is 0 Å². The summed E-state index contributed by atoms with van der Waals surface area (Å²) in [5.74, 6) is -0.373. The number of carbonyl (C=O) groups is 2. The molecule has 0 heterocycles. The van der Waals surface area contributed by atoms with Crippen LogP contribution >= 0.6 is 22.6 Å². The Labute approximate surface area is 238 Å². The molecule has 0 saturated heterocycles. The zero-order valence-corrected chi connectivity index (χ0v) is 23.6. The number of non-ortho nitro benzene ring substituents is 1. The van der Waals surface area contributed by atoms with E-state index >= 15 is 0 Å². The Balaban J connectivity index is 1.79. The van der Waals surface area contributed by atoms with Gasteiger partial charge in [-0.2, -0.15) is 5.26 Å². The lowest BCUT2D eigenvalue weighted by molar-refractivity contribution is -0.384. The fourth-order valence-electron chi connectivity index (χ4n) is 3.50. The second-order valence-electron chi connectivity index (χ2n) is 8.28. The Kier molecular flexibility index (Phi) is 9.99. The quantitative estimate of drug-likeness (QED) is 0.0941. The van der Waals surface area contributed by atoms with Gasteiger partial charge in [-0.25, -0.2) is 0 Å². The van der Waals surface area contributed by atoms with Crippen molar-refractivity contribution >= 4 is 57.5 Å². The van der Waals surface area contributed by atoms with Gasteiger partial charge in [0.25, 0.3) is 17.5 Å². The monoisotopic (exact) mass is 640 g/mol. The summed E-state index contributed by atoms with van der Waals surface area (Å²) in [4.78, 5) is 35.7. The van der Waals surface area contributed by atoms with Gasteiger partial charge in [-0.1, -0.05) is 18.2 Å². The lowest BCUT2D eigenvalue weighted by Crippen LogP contribution is -2.21. The van der Waals surface area contributed by atoms with Gasteiger partial charge in [-0.05, 0) is 90.4 Å². The molecule has 0 saturated carbocycles. The van der Waals surface area contributed by atoms with E-state index < -0.39 is 10.8 Å². The van der Waals surface area contributed by atoms with Crippen LogP contribution in [0.3, 0.4) is 0 Å². The van der Waals surface area contributed by atoms with Crippen molar-refractivity contribution in [2.75, 3.05) is 23.8 Å². The molecule has 11 heteroatoms. The summed E-state index contributed by atoms with van der Waals surface area (Å²) >= 11 is 2.02. The van der Waals surface area contributed by atoms with Crippen LogP contribution in [-0.2, 0) is 9.59 Å². The van der Waals surface area contributed by atoms with Crippen LogP contribution in [0.4, 0.5) is 17.1 Å². The standard InChI is InChI=1S/C28H25IN4O6/c1-4-38-25-13-19(11-20(15-30)28(35)31-21-8-6-9-22(14-21)33(36)37)12-23(29)27(25)39-16-26(34)32-24-10-5-7-17(2)18(24)3/h5-14H,4,16H2,1-3H3,(H,31,35)(H,32,34)/b20-11-. The molecule has 0 atom stereocenters. The average molecular weight is 640 g/mol. The molecule has 39 heavy (non-hydrogen) atoms. The van der Waals surface area contributed by atoms with Gasteiger partial charge in [0, 0.05) is 23.5 Å². The lowest BCUT2D eigenvalue weighted by atomic mass is 10.1. The Bertz CT molecular complexity index is 1500. The molecular formula is C28H25IN4O6. The Hall–Kier alpha value is -4.44. The van der Waals surface area contributed by atoms with Crippen molar-refractivity contribution in [2.45, 2.75) is 20.8 Å². The molecule has 10 nitrogen and oxygen atoms in total. The van der Waals surface area contributed by atoms with Gasteiger partial charge in [0.15, 0.2) is 18.1 Å². The Morgan fingerprint density at radius 3 is 2.54 bits per heavy atom. The largest absolute Gasteiger partial charge is 0.490 e. The Morgan fingerprint density at radius 2 is 1.85 bits per heavy atom. The number of rotatable bonds is 10. The molecule has 200 valence electrons. The second kappa shape index (κ2) is 13.4. The molecule has 0 radical (unpaired) electrons. The lowest BCUT2D eigenvalue weighted by Gasteiger charge is -2.15. The number of nitro groups is 1. The maximum atomic E-state index is 12.7. The number of nitro benzene ring substituents is 1. The molecule has 0 aliphatic rings. The van der Waals surface area contributed by atoms with E-state index in [1.54, 1.807) is 19.1 Å². The van der Waals surface area contributed by atoms with E-state index in [9.17, 15) is 25.0 Å². The third-order valence-electron chi connectivity index (χ3n) is 5.55. The molecule has 0 fully saturated rings. The molecule has 0 aromatic heterocycles. The second-order valence-corrected chi connectivity index (χ2v) is 9.44. The number of halogens is 1. The van der Waals surface area contributed by atoms with Crippen LogP contribution in [0.15, 0.2) is 60.2 Å². The summed E-state index contributed by atoms with van der Waals surface area (Å²) in [5, 5.41) is 25.9. The first-order valence-corrected chi connectivity index (χ1v) is 12.8. The van der Waals surface area contributed by atoms with E-state index in [0.717, 1.165) is 11.1 Å². The maximum Gasteiger partial charge on any atom is 0.271 e. The number of aryl methyl sites for hydroxylation is 1. The number of nitrogens with zero attached hydrogens (tertiary/aromatic N) is 2. The van der Waals surface area contributed by atoms with Crippen LogP contribution in [0, 0.1) is 38.9 Å². The third-order valence-corrected chi connectivity index (χ3v) is 6.35. The Morgan fingerprint density at radius 1 is 1.10 bits per heavy atom. The van der Waals surface area contributed by atoms with Crippen LogP contribution in [-0.4, -0.2) is 30.0 Å². The minimum Gasteiger partial charge on any atom is -0.490 e. The highest BCUT2D eigenvalue weighted by atomic mass is 127. The predicted molar refractivity (Wildman–Crippen MR) is 156 cm³/mol. The fourth-order valence-corrected chi connectivity index (χ4v) is 4.28. The van der Waals surface area contributed by atoms with Crippen LogP contribution in [0.2, 0.25) is 0 Å². The van der Waals surface area contributed by atoms with Crippen LogP contribution < -0.4 is 20.1 Å². The van der Waals surface area contributed by atoms with E-state index in [4.69, 9.17) is 9.47 Å². The van der Waals surface area contributed by atoms with Crippen molar-refractivity contribution in [1.29, 1.82) is 5.26 Å². The van der Waals surface area contributed by atoms with Crippen molar-refractivity contribution in [3.8, 4) is 17.6 Å². The summed E-state index contributed by atoms with van der Waals surface area (Å²) in [6, 6.07) is 16.2. The van der Waals surface area contributed by atoms with Crippen molar-refractivity contribution in [3.05, 3.63) is 90.5 Å². The molecular weight excluding hydrogens is 615 g/mol. The number of ether oxygens (including phenoxy) is 2. The highest BCUT2D eigenvalue weighted by Crippen LogP contribution is 2.35. The number of nitrogens with one attached hydrogen (secondary N) is 2. The van der Waals surface area contributed by atoms with Crippen molar-refractivity contribution in [2.24, 2.45) is 0 Å². The van der Waals surface area contributed by atoms with Gasteiger partial charge in [0.1, 0.15) is 11.6 Å². The number of hydrogen-bond acceptors (Lipinski definition) is 7. The van der Waals surface area contributed by atoms with Gasteiger partial charge in [0.05, 0.1) is 15.1 Å². The molecule has 0 spiro atoms. The van der Waals surface area contributed by atoms with E-state index in [2.05, 4.69) is 10.6 Å². The maximum absolute atomic E-state index is 12.7. The zero-order chi connectivity index (χ0) is 28.5. The van der Waals surface area contributed by atoms with Crippen molar-refractivity contribution < 1.29 is 24.0 Å². The van der Waals surface area contributed by atoms with Crippen LogP contribution in [0.5, 0.6) is 11.5 Å². The number of amides is 2. The van der Waals surface area contributed by atoms with E-state index in [1.165, 1.54) is 30.3 Å². The summed E-state index contributed by atoms with van der Waals surface area (Å²) in [5.41, 5.74) is 2.99. The SMILES string of the molecule is CCOc1cc(/C=C(/C#N)C(=O)Nc2cccc([N+](=O)[O-])c2)cc(I)c1OCC(=O)Nc1cccc(C)c1C. The minimum atomic E-state index is -0.727. The molecule has 3 rings (SSSR count). The summed E-state index contributed by atoms with van der Waals surface area (Å²) in [7, 11) is 0. The van der Waals surface area contributed by atoms with Gasteiger partial charge in [-0.3, -0.25) is 19.7 Å². The smallest absolute Gasteiger partial charge is 0.271 e. The van der Waals surface area contributed by atoms with E-state index in [1.807, 2.05) is 60.7 Å². The number of benzene rings is 3. The van der Waals surface area contributed by atoms with Gasteiger partial charge in [0.2, 0.25) is 0 Å². The first-order valence-electron chi connectivity index (χ1n) is 11.8. The molecule has 0 aliphatic carbocycles. The molecule has 2 amide bonds. The fraction of sp³-hybridized carbons (Fsp3) is 0.179. The predicted octanol–water partition coefficient (Wildman–Crippen LogP) is 5.78. The summed E-state index contributed by atoms with van der Waals surface area (Å²) in [6.07, 6.45) is 1.37. The van der Waals surface area contributed by atoms with E-state index in [-0.39, 0.29) is 29.5 Å². The molecule has 0 unspecified atom stereocenters. The molecule has 0 bridgehead atoms. The highest BCUT2D eigenvalue weighted by Gasteiger charge is 2.17. The van der Waals surface area contributed by atoms with Crippen LogP contribution in [0.25, 0.3) is 6.08 Å². The zero-order valence-electron chi connectivity index (χ0n) is 21.4. The number of carbonyl (C=O) groups excluding carboxylic acids is 2. The highest BCUT2D eigenvalue weighted by molar-refractivity contribution is 14.1. The summed E-state index contributed by atoms with van der Waals surface area (Å²) in [6.45, 7) is 5.73. The first kappa shape index (κ1) is 29.1. The third kappa shape index (κ3) is 7.78. The normalized spacial score (nSPS) is 10.8. The van der Waals surface area contributed by atoms with E-state index in [0.29, 0.717) is 32.9 Å². The topological polar surface area (TPSA) is 144 Å². The summed E-state index contributed by atoms with van der Waals surface area (Å²) < 4.78 is 12.1. The van der Waals surface area contributed by atoms with Crippen molar-refractivity contribution in [3.63, 3.8) is 0 Å². The van der Waals surface area contributed by atoms with Gasteiger partial charge >= 0.3 is 0 Å². The minimum absolute atomic E-state index is 0.183. The molecule has 0 aliphatic heterocycles. The first-order chi connectivity index (χ1) is 18.6. The number of hydrogen-bond donors (Lipinski definition) is 2. The average Bonchev–Trinajstić information content (AvgIpc) is 2.89. The molecule has 3 aromatic carbocycles. The van der Waals surface area contributed by atoms with Crippen LogP contribution in [0.1, 0.15) is 23.6 Å². The number of nitriles is 1. The molecule has 2 N–H and O–H groups in total. The number of anilines is 2. The molecule has 3 aromatic rings. The van der Waals surface area contributed by atoms with Gasteiger partial charge in [-0.15, -0.1) is 0 Å². The van der Waals surface area contributed by atoms with Gasteiger partial charge < -0.3 is 20.1 Å².